The predicted octanol–water partition coefficient (Wildman–Crippen LogP) is 2.05. The number of carbonyl (C=O) groups excluding carboxylic acids is 1. The molecule has 1 atom stereocenters. The van der Waals surface area contributed by atoms with Gasteiger partial charge in [0.25, 0.3) is 5.91 Å². The van der Waals surface area contributed by atoms with E-state index in [9.17, 15) is 4.79 Å². The van der Waals surface area contributed by atoms with E-state index >= 15 is 0 Å². The molecule has 2 aliphatic heterocycles. The number of hydrazone groups is 1. The molecular weight excluding hydrogens is 276 g/mol. The minimum atomic E-state index is 0.133. The first-order chi connectivity index (χ1) is 10.5. The third-order valence-electron chi connectivity index (χ3n) is 4.48. The summed E-state index contributed by atoms with van der Waals surface area (Å²) in [7, 11) is 2.10. The number of nitrogens with zero attached hydrogens (tertiary/aromatic N) is 4. The summed E-state index contributed by atoms with van der Waals surface area (Å²) in [4.78, 5) is 16.9. The van der Waals surface area contributed by atoms with Crippen LogP contribution in [0.15, 0.2) is 29.4 Å². The van der Waals surface area contributed by atoms with Crippen LogP contribution in [-0.4, -0.2) is 60.7 Å². The first kappa shape index (κ1) is 15.0. The van der Waals surface area contributed by atoms with E-state index in [-0.39, 0.29) is 11.9 Å². The highest BCUT2D eigenvalue weighted by Gasteiger charge is 2.26. The maximum absolute atomic E-state index is 12.7. The van der Waals surface area contributed by atoms with Gasteiger partial charge in [-0.3, -0.25) is 9.80 Å². The van der Waals surface area contributed by atoms with Gasteiger partial charge < -0.3 is 9.80 Å². The van der Waals surface area contributed by atoms with Crippen molar-refractivity contribution in [3.05, 3.63) is 29.8 Å². The number of hydrogen-bond acceptors (Lipinski definition) is 4. The Morgan fingerprint density at radius 2 is 1.91 bits per heavy atom. The molecule has 118 valence electrons. The van der Waals surface area contributed by atoms with Gasteiger partial charge in [-0.05, 0) is 45.2 Å². The highest BCUT2D eigenvalue weighted by Crippen LogP contribution is 2.21. The average Bonchev–Trinajstić information content (AvgIpc) is 2.93. The second-order valence-electron chi connectivity index (χ2n) is 6.37. The molecule has 2 heterocycles. The number of amides is 1. The highest BCUT2D eigenvalue weighted by molar-refractivity contribution is 5.95. The summed E-state index contributed by atoms with van der Waals surface area (Å²) in [5.41, 5.74) is 2.98. The third-order valence-corrected chi connectivity index (χ3v) is 4.48. The summed E-state index contributed by atoms with van der Waals surface area (Å²) >= 11 is 0. The van der Waals surface area contributed by atoms with E-state index in [4.69, 9.17) is 0 Å². The fourth-order valence-corrected chi connectivity index (χ4v) is 3.14. The van der Waals surface area contributed by atoms with Gasteiger partial charge in [0.1, 0.15) is 0 Å². The normalized spacial score (nSPS) is 22.9. The lowest BCUT2D eigenvalue weighted by Gasteiger charge is -2.38. The van der Waals surface area contributed by atoms with Crippen LogP contribution < -0.4 is 5.01 Å². The second-order valence-corrected chi connectivity index (χ2v) is 6.37. The van der Waals surface area contributed by atoms with Gasteiger partial charge in [0, 0.05) is 49.9 Å². The van der Waals surface area contributed by atoms with Crippen molar-refractivity contribution in [2.75, 3.05) is 38.2 Å². The van der Waals surface area contributed by atoms with Crippen LogP contribution >= 0.6 is 0 Å². The smallest absolute Gasteiger partial charge is 0.254 e. The van der Waals surface area contributed by atoms with Crippen LogP contribution in [0.25, 0.3) is 0 Å². The molecule has 1 saturated heterocycles. The van der Waals surface area contributed by atoms with Crippen LogP contribution in [0.3, 0.4) is 0 Å². The lowest BCUT2D eigenvalue weighted by atomic mass is 10.1. The number of carbonyl (C=O) groups is 1. The molecule has 0 aliphatic carbocycles. The van der Waals surface area contributed by atoms with Crippen LogP contribution in [0.5, 0.6) is 0 Å². The van der Waals surface area contributed by atoms with Gasteiger partial charge in [0.2, 0.25) is 0 Å². The van der Waals surface area contributed by atoms with Crippen molar-refractivity contribution in [1.29, 1.82) is 0 Å². The fourth-order valence-electron chi connectivity index (χ4n) is 3.14. The molecule has 0 aromatic heterocycles. The maximum Gasteiger partial charge on any atom is 0.254 e. The molecule has 0 unspecified atom stereocenters. The Morgan fingerprint density at radius 3 is 2.50 bits per heavy atom. The van der Waals surface area contributed by atoms with Crippen LogP contribution in [0, 0.1) is 0 Å². The number of benzene rings is 1. The van der Waals surface area contributed by atoms with Crippen molar-refractivity contribution >= 4 is 17.3 Å². The minimum Gasteiger partial charge on any atom is -0.333 e. The Kier molecular flexibility index (Phi) is 4.16. The molecule has 2 aliphatic rings. The zero-order chi connectivity index (χ0) is 15.7. The Balaban J connectivity index is 1.71. The molecule has 1 aromatic rings. The molecule has 3 rings (SSSR count). The summed E-state index contributed by atoms with van der Waals surface area (Å²) in [6.07, 6.45) is 1.01. The first-order valence-electron chi connectivity index (χ1n) is 7.96. The van der Waals surface area contributed by atoms with Crippen LogP contribution in [0.1, 0.15) is 30.6 Å². The van der Waals surface area contributed by atoms with Gasteiger partial charge in [0.15, 0.2) is 0 Å². The van der Waals surface area contributed by atoms with E-state index in [1.165, 1.54) is 0 Å². The monoisotopic (exact) mass is 300 g/mol. The van der Waals surface area contributed by atoms with E-state index in [2.05, 4.69) is 24.0 Å². The highest BCUT2D eigenvalue weighted by atomic mass is 16.2. The minimum absolute atomic E-state index is 0.133. The average molecular weight is 300 g/mol. The first-order valence-corrected chi connectivity index (χ1v) is 7.96. The van der Waals surface area contributed by atoms with Crippen LogP contribution in [-0.2, 0) is 0 Å². The molecule has 1 fully saturated rings. The molecule has 5 nitrogen and oxygen atoms in total. The lowest BCUT2D eigenvalue weighted by Crippen LogP contribution is -2.52. The predicted molar refractivity (Wildman–Crippen MR) is 89.5 cm³/mol. The Morgan fingerprint density at radius 1 is 1.18 bits per heavy atom. The summed E-state index contributed by atoms with van der Waals surface area (Å²) in [6.45, 7) is 7.76. The zero-order valence-electron chi connectivity index (χ0n) is 13.6. The molecule has 1 amide bonds. The van der Waals surface area contributed by atoms with Gasteiger partial charge >= 0.3 is 0 Å². The summed E-state index contributed by atoms with van der Waals surface area (Å²) < 4.78 is 0. The summed E-state index contributed by atoms with van der Waals surface area (Å²) in [5, 5.41) is 6.49. The maximum atomic E-state index is 12.7. The zero-order valence-corrected chi connectivity index (χ0v) is 13.6. The molecule has 0 saturated carbocycles. The van der Waals surface area contributed by atoms with E-state index in [1.54, 1.807) is 0 Å². The molecule has 0 bridgehead atoms. The van der Waals surface area contributed by atoms with E-state index in [0.29, 0.717) is 0 Å². The van der Waals surface area contributed by atoms with Crippen LogP contribution in [0.4, 0.5) is 5.69 Å². The van der Waals surface area contributed by atoms with E-state index in [1.807, 2.05) is 41.1 Å². The fraction of sp³-hybridized carbons (Fsp3) is 0.529. The van der Waals surface area contributed by atoms with Crippen molar-refractivity contribution in [3.63, 3.8) is 0 Å². The standard InChI is InChI=1S/C17H24N4O/c1-13-8-9-21(18-13)16-6-4-15(5-7-16)17(22)20-11-10-19(3)12-14(20)2/h4-7,14H,8-12H2,1-3H3/t14-/m0/s1. The van der Waals surface area contributed by atoms with Crippen molar-refractivity contribution in [3.8, 4) is 0 Å². The van der Waals surface area contributed by atoms with Gasteiger partial charge in [-0.1, -0.05) is 0 Å². The van der Waals surface area contributed by atoms with Crippen molar-refractivity contribution in [1.82, 2.24) is 9.80 Å². The molecule has 0 N–H and O–H groups in total. The molecule has 1 aromatic carbocycles. The molecule has 5 heteroatoms. The quantitative estimate of drug-likeness (QED) is 0.839. The summed E-state index contributed by atoms with van der Waals surface area (Å²) in [5.74, 6) is 0.133. The lowest BCUT2D eigenvalue weighted by molar-refractivity contribution is 0.0533. The summed E-state index contributed by atoms with van der Waals surface area (Å²) in [6, 6.07) is 8.10. The molecular formula is C17H24N4O. The van der Waals surface area contributed by atoms with E-state index in [0.717, 1.165) is 49.6 Å². The number of piperazine rings is 1. The van der Waals surface area contributed by atoms with E-state index < -0.39 is 0 Å². The van der Waals surface area contributed by atoms with Gasteiger partial charge in [0.05, 0.1) is 5.69 Å². The van der Waals surface area contributed by atoms with Gasteiger partial charge in [-0.25, -0.2) is 0 Å². The Hall–Kier alpha value is -1.88. The largest absolute Gasteiger partial charge is 0.333 e. The van der Waals surface area contributed by atoms with Gasteiger partial charge in [-0.15, -0.1) is 0 Å². The SMILES string of the molecule is CC1=NN(c2ccc(C(=O)N3CCN(C)C[C@@H]3C)cc2)CC1. The Labute approximate surface area is 132 Å². The number of likely N-dealkylation sites (N-methyl/N-ethyl adjacent to an activating group) is 1. The van der Waals surface area contributed by atoms with Crippen LogP contribution in [0.2, 0.25) is 0 Å². The number of rotatable bonds is 2. The number of hydrogen-bond donors (Lipinski definition) is 0. The number of anilines is 1. The van der Waals surface area contributed by atoms with Crippen molar-refractivity contribution in [2.45, 2.75) is 26.3 Å². The molecule has 22 heavy (non-hydrogen) atoms. The molecule has 0 radical (unpaired) electrons. The van der Waals surface area contributed by atoms with Crippen molar-refractivity contribution < 1.29 is 4.79 Å². The third kappa shape index (κ3) is 2.99. The molecule has 0 spiro atoms. The van der Waals surface area contributed by atoms with Crippen molar-refractivity contribution in [2.24, 2.45) is 5.10 Å². The Bertz CT molecular complexity index is 581. The topological polar surface area (TPSA) is 39.2 Å². The van der Waals surface area contributed by atoms with Gasteiger partial charge in [-0.2, -0.15) is 5.10 Å². The second kappa shape index (κ2) is 6.08.